The van der Waals surface area contributed by atoms with Crippen LogP contribution in [0.1, 0.15) is 50.6 Å². The Kier molecular flexibility index (Phi) is 22.8. The number of nitrogens with zero attached hydrogens (tertiary/aromatic N) is 22. The molecule has 10 aliphatic heterocycles. The second-order valence-electron chi connectivity index (χ2n) is 32.1. The van der Waals surface area contributed by atoms with Gasteiger partial charge in [0.05, 0.1) is 195 Å². The molecule has 0 radical (unpaired) electrons. The Bertz CT molecular complexity index is 6540. The maximum Gasteiger partial charge on any atom is 0.231 e. The summed E-state index contributed by atoms with van der Waals surface area (Å²) in [6, 6.07) is 42.5. The summed E-state index contributed by atoms with van der Waals surface area (Å²) in [5.74, 6) is 7.18. The van der Waals surface area contributed by atoms with Crippen molar-refractivity contribution >= 4 is 103 Å². The standard InChI is InChI=1S/C25H24FN5O2.C24H21FN6O2.C24H21FN6OS.C24H22FN5O3/c1-17-15-29(16-28-17)22-7-2-18(21-8-12-33-24(21)22)14-23-25-27-9-10-30(31(25)11-13-32-23)20-5-3-19(26)4-6-20;2*1-16-14-29(15-27-16)21-7-2-17(20-13-28-33-23(20)21)12-22-24-26-8-9-30(31(24)10-11-32-22)19-5-3-18(25)4-6-19;1-16-13-28(14-27-16)20-7-2-17(22-23(20)33-15-32-22)12-21-24-26-8-9-29(30(24)10-11-31-21)19-5-3-18(25)4-6-19/h2-7,14-16H,8-13H2,1H3;2*2-7,12-15H,8-11H2,1H3;2-7,12-14H,8-11,15H2,1H3/b23-14-;2*22-12-;21-12-. The Hall–Kier alpha value is -15.7. The van der Waals surface area contributed by atoms with Crippen molar-refractivity contribution in [2.75, 3.05) is 138 Å². The molecule has 6 aromatic heterocycles. The zero-order valence-corrected chi connectivity index (χ0v) is 73.2. The number of hydrogen-bond acceptors (Lipinski definition) is 27. The molecule has 24 rings (SSSR count). The summed E-state index contributed by atoms with van der Waals surface area (Å²) in [4.78, 5) is 36.3. The van der Waals surface area contributed by atoms with Gasteiger partial charge in [-0.2, -0.15) is 4.37 Å². The molecule has 10 aliphatic rings. The minimum Gasteiger partial charge on any atom is -0.491 e. The van der Waals surface area contributed by atoms with Crippen LogP contribution in [0.4, 0.5) is 40.3 Å². The van der Waals surface area contributed by atoms with E-state index in [1.807, 2.05) is 132 Å². The number of halogens is 4. The monoisotopic (exact) mass is 1800 g/mol. The highest BCUT2D eigenvalue weighted by atomic mass is 32.1. The predicted molar refractivity (Wildman–Crippen MR) is 496 cm³/mol. The molecule has 4 saturated heterocycles. The second-order valence-corrected chi connectivity index (χ2v) is 32.9. The topological polar surface area (TPSA) is 250 Å². The van der Waals surface area contributed by atoms with Gasteiger partial charge in [0, 0.05) is 53.9 Å². The molecule has 0 aliphatic carbocycles. The maximum absolute atomic E-state index is 13.4. The molecule has 35 heteroatoms. The van der Waals surface area contributed by atoms with Gasteiger partial charge in [0.25, 0.3) is 0 Å². The fourth-order valence-electron chi connectivity index (χ4n) is 17.5. The number of rotatable bonds is 12. The van der Waals surface area contributed by atoms with E-state index in [2.05, 4.69) is 99.9 Å². The smallest absolute Gasteiger partial charge is 0.231 e. The first kappa shape index (κ1) is 83.2. The van der Waals surface area contributed by atoms with Crippen LogP contribution in [-0.2, 0) is 25.4 Å². The quantitative estimate of drug-likeness (QED) is 0.103. The van der Waals surface area contributed by atoms with Gasteiger partial charge in [-0.1, -0.05) is 23.4 Å². The average molecular weight is 1800 g/mol. The Morgan fingerprint density at radius 1 is 0.326 bits per heavy atom. The summed E-state index contributed by atoms with van der Waals surface area (Å²) < 4.78 is 115. The molecule has 4 fully saturated rings. The molecule has 668 valence electrons. The molecule has 132 heavy (non-hydrogen) atoms. The lowest BCUT2D eigenvalue weighted by Crippen LogP contribution is -2.55. The number of aryl methyl sites for hydroxylation is 4. The first-order chi connectivity index (χ1) is 64.7. The first-order valence-corrected chi connectivity index (χ1v) is 44.3. The van der Waals surface area contributed by atoms with Crippen molar-refractivity contribution in [3.63, 3.8) is 0 Å². The zero-order chi connectivity index (χ0) is 89.5. The Morgan fingerprint density at radius 2 is 0.682 bits per heavy atom. The molecule has 0 spiro atoms. The Balaban J connectivity index is 0.000000106. The average Bonchev–Trinajstić information content (AvgIpc) is 1.53. The number of anilines is 4. The number of aromatic nitrogens is 10. The molecular formula is C97H88F4N22O8S. The fraction of sp³-hybridized carbons (Fsp3) is 0.237. The highest BCUT2D eigenvalue weighted by Gasteiger charge is 2.38. The van der Waals surface area contributed by atoms with Crippen molar-refractivity contribution in [1.82, 2.24) is 67.8 Å². The normalized spacial score (nSPS) is 17.8. The lowest BCUT2D eigenvalue weighted by molar-refractivity contribution is 0.160. The van der Waals surface area contributed by atoms with Crippen molar-refractivity contribution in [2.24, 2.45) is 20.0 Å². The van der Waals surface area contributed by atoms with Crippen LogP contribution in [0.3, 0.4) is 0 Å². The van der Waals surface area contributed by atoms with Crippen LogP contribution in [0.25, 0.3) is 68.1 Å². The zero-order valence-electron chi connectivity index (χ0n) is 72.4. The number of imidazole rings is 4. The minimum absolute atomic E-state index is 0.155. The largest absolute Gasteiger partial charge is 0.491 e. The number of amidine groups is 4. The van der Waals surface area contributed by atoms with Crippen molar-refractivity contribution < 1.29 is 55.2 Å². The molecule has 8 aromatic carbocycles. The van der Waals surface area contributed by atoms with Crippen molar-refractivity contribution in [3.8, 4) is 40.0 Å². The Labute approximate surface area is 759 Å². The summed E-state index contributed by atoms with van der Waals surface area (Å²) in [6.45, 7) is 18.9. The van der Waals surface area contributed by atoms with Gasteiger partial charge in [0.1, 0.15) is 55.4 Å². The number of ether oxygens (including phenoxy) is 7. The van der Waals surface area contributed by atoms with E-state index in [9.17, 15) is 17.6 Å². The number of hydrazine groups is 4. The third kappa shape index (κ3) is 16.7. The molecule has 0 bridgehead atoms. The fourth-order valence-corrected chi connectivity index (χ4v) is 18.3. The van der Waals surface area contributed by atoms with Gasteiger partial charge in [0.15, 0.2) is 63.5 Å². The van der Waals surface area contributed by atoms with E-state index in [0.717, 1.165) is 173 Å². The molecule has 16 heterocycles. The van der Waals surface area contributed by atoms with Crippen molar-refractivity contribution in [3.05, 3.63) is 305 Å². The highest BCUT2D eigenvalue weighted by molar-refractivity contribution is 7.13. The summed E-state index contributed by atoms with van der Waals surface area (Å²) in [7, 11) is 0. The van der Waals surface area contributed by atoms with Crippen molar-refractivity contribution in [1.29, 1.82) is 0 Å². The number of morpholine rings is 4. The first-order valence-electron chi connectivity index (χ1n) is 43.5. The third-order valence-electron chi connectivity index (χ3n) is 23.6. The number of fused-ring (bicyclic) bond motifs is 8. The maximum atomic E-state index is 13.4. The van der Waals surface area contributed by atoms with Crippen LogP contribution >= 0.6 is 11.5 Å². The lowest BCUT2D eigenvalue weighted by Gasteiger charge is -2.43. The summed E-state index contributed by atoms with van der Waals surface area (Å²) in [6.07, 6.45) is 27.5. The van der Waals surface area contributed by atoms with Crippen LogP contribution in [0.15, 0.2) is 256 Å². The summed E-state index contributed by atoms with van der Waals surface area (Å²) in [5.41, 5.74) is 17.0. The van der Waals surface area contributed by atoms with E-state index in [0.29, 0.717) is 121 Å². The van der Waals surface area contributed by atoms with Gasteiger partial charge < -0.3 is 55.9 Å². The van der Waals surface area contributed by atoms with Gasteiger partial charge >= 0.3 is 0 Å². The molecule has 30 nitrogen and oxygen atoms in total. The van der Waals surface area contributed by atoms with E-state index in [-0.39, 0.29) is 30.1 Å². The van der Waals surface area contributed by atoms with Gasteiger partial charge in [0.2, 0.25) is 6.79 Å². The molecule has 0 atom stereocenters. The van der Waals surface area contributed by atoms with E-state index in [1.54, 1.807) is 67.4 Å². The summed E-state index contributed by atoms with van der Waals surface area (Å²) in [5, 5.41) is 22.9. The van der Waals surface area contributed by atoms with E-state index < -0.39 is 0 Å². The number of aliphatic imine (C=N–C) groups is 4. The summed E-state index contributed by atoms with van der Waals surface area (Å²) >= 11 is 1.47. The molecule has 0 saturated carbocycles. The van der Waals surface area contributed by atoms with E-state index >= 15 is 0 Å². The molecular weight excluding hydrogens is 1710 g/mol. The van der Waals surface area contributed by atoms with Crippen LogP contribution in [0.2, 0.25) is 0 Å². The second kappa shape index (κ2) is 36.1. The van der Waals surface area contributed by atoms with Gasteiger partial charge in [-0.25, -0.2) is 37.5 Å². The molecule has 14 aromatic rings. The number of hydrogen-bond donors (Lipinski definition) is 0. The van der Waals surface area contributed by atoms with E-state index in [4.69, 9.17) is 57.7 Å². The highest BCUT2D eigenvalue weighted by Crippen LogP contribution is 2.44. The SMILES string of the molecule is Cc1cn(-c2ccc(/C=C3\OCCN4C3=NCCN4c3ccc(F)cc3)c3c2OCC3)cn1.Cc1cn(-c2ccc(/C=C3\OCCN4C3=NCCN4c3ccc(F)cc3)c3c2OCO3)cn1.Cc1cn(-c2ccc(/C=C3\OCCN4C3=NCCN4c3ccc(F)cc3)c3cnoc23)cn1.Cc1cn(-c2ccc(/C=C3\OCCN4C3=NCCN4c3ccc(F)cc3)c3cnsc23)cn1. The van der Waals surface area contributed by atoms with Gasteiger partial charge in [-0.05, 0) is 208 Å². The molecule has 0 unspecified atom stereocenters. The third-order valence-corrected chi connectivity index (χ3v) is 24.5. The van der Waals surface area contributed by atoms with Crippen molar-refractivity contribution in [2.45, 2.75) is 34.1 Å². The van der Waals surface area contributed by atoms with Gasteiger partial charge in [-0.3, -0.25) is 60.0 Å². The van der Waals surface area contributed by atoms with Crippen LogP contribution in [0.5, 0.6) is 17.2 Å². The van der Waals surface area contributed by atoms with Crippen LogP contribution < -0.4 is 34.2 Å². The molecule has 0 N–H and O–H groups in total. The van der Waals surface area contributed by atoms with Gasteiger partial charge in [-0.15, -0.1) is 0 Å². The number of benzene rings is 8. The predicted octanol–water partition coefficient (Wildman–Crippen LogP) is 15.7. The minimum atomic E-state index is -0.252. The van der Waals surface area contributed by atoms with Crippen LogP contribution in [0, 0.1) is 51.0 Å². The lowest BCUT2D eigenvalue weighted by atomic mass is 10.0. The van der Waals surface area contributed by atoms with E-state index in [1.165, 1.54) is 65.6 Å². The van der Waals surface area contributed by atoms with Crippen LogP contribution in [-0.4, -0.2) is 209 Å². The molecule has 0 amide bonds. The Morgan fingerprint density at radius 3 is 1.11 bits per heavy atom.